The standard InChI is InChI=1S/C10H9BrF2O2/c1-2-15-10-6(3-4-14)9(13)8(12)5-7(10)11/h4-5H,2-3H2,1H3. The van der Waals surface area contributed by atoms with Crippen LogP contribution in [0.4, 0.5) is 8.78 Å². The minimum absolute atomic E-state index is 0.0567. The lowest BCUT2D eigenvalue weighted by molar-refractivity contribution is -0.107. The van der Waals surface area contributed by atoms with Crippen LogP contribution in [-0.4, -0.2) is 12.9 Å². The Morgan fingerprint density at radius 3 is 2.73 bits per heavy atom. The molecule has 5 heteroatoms. The topological polar surface area (TPSA) is 26.3 Å². The van der Waals surface area contributed by atoms with E-state index in [1.54, 1.807) is 6.92 Å². The van der Waals surface area contributed by atoms with E-state index in [0.717, 1.165) is 6.07 Å². The molecular weight excluding hydrogens is 270 g/mol. The summed E-state index contributed by atoms with van der Waals surface area (Å²) in [5, 5.41) is 0. The van der Waals surface area contributed by atoms with Crippen LogP contribution in [0.15, 0.2) is 10.5 Å². The average Bonchev–Trinajstić information content (AvgIpc) is 2.20. The third-order valence-corrected chi connectivity index (χ3v) is 2.38. The highest BCUT2D eigenvalue weighted by Crippen LogP contribution is 2.33. The second-order valence-corrected chi connectivity index (χ2v) is 3.62. The van der Waals surface area contributed by atoms with Crippen LogP contribution >= 0.6 is 15.9 Å². The van der Waals surface area contributed by atoms with Gasteiger partial charge in [0.2, 0.25) is 0 Å². The van der Waals surface area contributed by atoms with Crippen molar-refractivity contribution in [3.05, 3.63) is 27.7 Å². The molecule has 0 saturated carbocycles. The highest BCUT2D eigenvalue weighted by Gasteiger charge is 2.17. The van der Waals surface area contributed by atoms with Crippen molar-refractivity contribution >= 4 is 22.2 Å². The lowest BCUT2D eigenvalue weighted by atomic mass is 10.1. The van der Waals surface area contributed by atoms with Gasteiger partial charge < -0.3 is 9.53 Å². The molecule has 0 radical (unpaired) electrons. The van der Waals surface area contributed by atoms with Gasteiger partial charge in [-0.05, 0) is 28.9 Å². The molecule has 0 spiro atoms. The molecule has 1 aromatic carbocycles. The second-order valence-electron chi connectivity index (χ2n) is 2.77. The van der Waals surface area contributed by atoms with Crippen molar-refractivity contribution in [1.29, 1.82) is 0 Å². The summed E-state index contributed by atoms with van der Waals surface area (Å²) in [4.78, 5) is 10.3. The molecule has 0 aliphatic rings. The number of aldehydes is 1. The maximum atomic E-state index is 13.3. The fourth-order valence-electron chi connectivity index (χ4n) is 1.19. The third kappa shape index (κ3) is 2.53. The first-order valence-electron chi connectivity index (χ1n) is 4.34. The van der Waals surface area contributed by atoms with Crippen molar-refractivity contribution in [2.45, 2.75) is 13.3 Å². The van der Waals surface area contributed by atoms with Gasteiger partial charge in [0.1, 0.15) is 12.0 Å². The summed E-state index contributed by atoms with van der Waals surface area (Å²) in [6.45, 7) is 2.04. The van der Waals surface area contributed by atoms with Crippen LogP contribution in [0, 0.1) is 11.6 Å². The Morgan fingerprint density at radius 1 is 1.53 bits per heavy atom. The Kier molecular flexibility index (Phi) is 4.20. The van der Waals surface area contributed by atoms with E-state index in [9.17, 15) is 13.6 Å². The van der Waals surface area contributed by atoms with E-state index in [1.807, 2.05) is 0 Å². The molecule has 0 fully saturated rings. The van der Waals surface area contributed by atoms with Crippen LogP contribution in [0.1, 0.15) is 12.5 Å². The molecule has 0 aromatic heterocycles. The van der Waals surface area contributed by atoms with E-state index in [0.29, 0.717) is 17.4 Å². The summed E-state index contributed by atoms with van der Waals surface area (Å²) < 4.78 is 31.8. The van der Waals surface area contributed by atoms with Crippen molar-refractivity contribution < 1.29 is 18.3 Å². The monoisotopic (exact) mass is 278 g/mol. The summed E-state index contributed by atoms with van der Waals surface area (Å²) in [6.07, 6.45) is 0.296. The van der Waals surface area contributed by atoms with Crippen LogP contribution in [0.5, 0.6) is 5.75 Å². The molecule has 1 rings (SSSR count). The van der Waals surface area contributed by atoms with Gasteiger partial charge in [-0.15, -0.1) is 0 Å². The van der Waals surface area contributed by atoms with E-state index < -0.39 is 11.6 Å². The fourth-order valence-corrected chi connectivity index (χ4v) is 1.75. The number of benzene rings is 1. The zero-order valence-electron chi connectivity index (χ0n) is 8.02. The van der Waals surface area contributed by atoms with Crippen LogP contribution in [0.3, 0.4) is 0 Å². The molecular formula is C10H9BrF2O2. The maximum absolute atomic E-state index is 13.3. The van der Waals surface area contributed by atoms with Gasteiger partial charge in [-0.2, -0.15) is 0 Å². The normalized spacial score (nSPS) is 10.1. The van der Waals surface area contributed by atoms with Crippen molar-refractivity contribution in [2.24, 2.45) is 0 Å². The first-order chi connectivity index (χ1) is 7.11. The van der Waals surface area contributed by atoms with Crippen LogP contribution in [-0.2, 0) is 11.2 Å². The lowest BCUT2D eigenvalue weighted by Crippen LogP contribution is -2.03. The molecule has 0 bridgehead atoms. The number of hydrogen-bond acceptors (Lipinski definition) is 2. The van der Waals surface area contributed by atoms with E-state index >= 15 is 0 Å². The minimum atomic E-state index is -1.03. The Bertz CT molecular complexity index is 380. The third-order valence-electron chi connectivity index (χ3n) is 1.80. The predicted octanol–water partition coefficient (Wildman–Crippen LogP) is 2.87. The highest BCUT2D eigenvalue weighted by molar-refractivity contribution is 9.10. The quantitative estimate of drug-likeness (QED) is 0.625. The summed E-state index contributed by atoms with van der Waals surface area (Å²) in [7, 11) is 0. The lowest BCUT2D eigenvalue weighted by Gasteiger charge is -2.11. The molecule has 0 N–H and O–H groups in total. The fraction of sp³-hybridized carbons (Fsp3) is 0.300. The molecule has 0 aliphatic carbocycles. The van der Waals surface area contributed by atoms with Crippen LogP contribution < -0.4 is 4.74 Å². The van der Waals surface area contributed by atoms with Gasteiger partial charge in [0, 0.05) is 12.0 Å². The highest BCUT2D eigenvalue weighted by atomic mass is 79.9. The molecule has 0 aliphatic heterocycles. The smallest absolute Gasteiger partial charge is 0.166 e. The Balaban J connectivity index is 3.32. The number of carbonyl (C=O) groups excluding carboxylic acids is 1. The van der Waals surface area contributed by atoms with Crippen LogP contribution in [0.25, 0.3) is 0 Å². The van der Waals surface area contributed by atoms with E-state index in [-0.39, 0.29) is 17.7 Å². The van der Waals surface area contributed by atoms with Gasteiger partial charge in [0.15, 0.2) is 11.6 Å². The summed E-state index contributed by atoms with van der Waals surface area (Å²) in [5.41, 5.74) is -0.0567. The van der Waals surface area contributed by atoms with Crippen molar-refractivity contribution in [3.63, 3.8) is 0 Å². The number of rotatable bonds is 4. The molecule has 0 atom stereocenters. The predicted molar refractivity (Wildman–Crippen MR) is 55.0 cm³/mol. The molecule has 1 aromatic rings. The average molecular weight is 279 g/mol. The largest absolute Gasteiger partial charge is 0.492 e. The number of carbonyl (C=O) groups is 1. The first kappa shape index (κ1) is 12.1. The Labute approximate surface area is 94.4 Å². The molecule has 0 unspecified atom stereocenters. The van der Waals surface area contributed by atoms with E-state index in [1.165, 1.54) is 0 Å². The molecule has 2 nitrogen and oxygen atoms in total. The first-order valence-corrected chi connectivity index (χ1v) is 5.13. The van der Waals surface area contributed by atoms with Crippen molar-refractivity contribution in [2.75, 3.05) is 6.61 Å². The molecule has 0 heterocycles. The van der Waals surface area contributed by atoms with Gasteiger partial charge in [0.05, 0.1) is 11.1 Å². The molecule has 82 valence electrons. The minimum Gasteiger partial charge on any atom is -0.492 e. The molecule has 0 amide bonds. The zero-order valence-corrected chi connectivity index (χ0v) is 9.61. The van der Waals surface area contributed by atoms with Gasteiger partial charge >= 0.3 is 0 Å². The second kappa shape index (κ2) is 5.21. The van der Waals surface area contributed by atoms with E-state index in [2.05, 4.69) is 15.9 Å². The molecule has 0 saturated heterocycles. The summed E-state index contributed by atoms with van der Waals surface area (Å²) in [5.74, 6) is -1.85. The summed E-state index contributed by atoms with van der Waals surface area (Å²) in [6, 6.07) is 0.981. The maximum Gasteiger partial charge on any atom is 0.166 e. The Hall–Kier alpha value is -0.970. The zero-order chi connectivity index (χ0) is 11.4. The van der Waals surface area contributed by atoms with Crippen LogP contribution in [0.2, 0.25) is 0 Å². The van der Waals surface area contributed by atoms with Crippen molar-refractivity contribution in [3.8, 4) is 5.75 Å². The SMILES string of the molecule is CCOc1c(Br)cc(F)c(F)c1CC=O. The van der Waals surface area contributed by atoms with Gasteiger partial charge in [0.25, 0.3) is 0 Å². The van der Waals surface area contributed by atoms with Gasteiger partial charge in [-0.3, -0.25) is 0 Å². The van der Waals surface area contributed by atoms with E-state index in [4.69, 9.17) is 4.74 Å². The number of hydrogen-bond donors (Lipinski definition) is 0. The van der Waals surface area contributed by atoms with Gasteiger partial charge in [-0.1, -0.05) is 0 Å². The van der Waals surface area contributed by atoms with Crippen molar-refractivity contribution in [1.82, 2.24) is 0 Å². The summed E-state index contributed by atoms with van der Waals surface area (Å²) >= 11 is 3.06. The Morgan fingerprint density at radius 2 is 2.20 bits per heavy atom. The van der Waals surface area contributed by atoms with Gasteiger partial charge in [-0.25, -0.2) is 8.78 Å². The number of ether oxygens (including phenoxy) is 1. The number of halogens is 3. The molecule has 15 heavy (non-hydrogen) atoms.